The summed E-state index contributed by atoms with van der Waals surface area (Å²) in [6.45, 7) is 4.82. The Morgan fingerprint density at radius 1 is 1.56 bits per heavy atom. The summed E-state index contributed by atoms with van der Waals surface area (Å²) in [7, 11) is 3.68. The van der Waals surface area contributed by atoms with Gasteiger partial charge in [-0.05, 0) is 33.0 Å². The number of hydrogen-bond acceptors (Lipinski definition) is 4. The van der Waals surface area contributed by atoms with Crippen LogP contribution in [0.5, 0.6) is 0 Å². The van der Waals surface area contributed by atoms with E-state index in [4.69, 9.17) is 5.73 Å². The zero-order chi connectivity index (χ0) is 13.7. The fourth-order valence-corrected chi connectivity index (χ4v) is 3.19. The molecule has 1 aromatic heterocycles. The summed E-state index contributed by atoms with van der Waals surface area (Å²) in [4.78, 5) is 16.0. The molecule has 0 bridgehead atoms. The number of nitrogens with one attached hydrogen (secondary N) is 1. The summed E-state index contributed by atoms with van der Waals surface area (Å²) in [5.74, 6) is 0.0626. The molecular weight excluding hydrogens is 246 g/mol. The normalized spacial score (nSPS) is 14.6. The molecule has 0 spiro atoms. The molecule has 2 atom stereocenters. The maximum absolute atomic E-state index is 11.3. The van der Waals surface area contributed by atoms with Crippen molar-refractivity contribution in [3.8, 4) is 0 Å². The van der Waals surface area contributed by atoms with Gasteiger partial charge in [0.05, 0.1) is 6.04 Å². The molecule has 1 heterocycles. The Kier molecular flexibility index (Phi) is 5.78. The van der Waals surface area contributed by atoms with Gasteiger partial charge in [-0.1, -0.05) is 0 Å². The molecule has 0 radical (unpaired) electrons. The molecule has 0 saturated carbocycles. The van der Waals surface area contributed by atoms with Crippen LogP contribution in [0.25, 0.3) is 0 Å². The quantitative estimate of drug-likeness (QED) is 0.823. The molecule has 1 rings (SSSR count). The SMILES string of the molecule is CNC(=O)CCN(C)C(c1ccc(C)s1)C(C)N. The number of amides is 1. The first-order chi connectivity index (χ1) is 8.45. The monoisotopic (exact) mass is 269 g/mol. The van der Waals surface area contributed by atoms with Crippen LogP contribution in [0.1, 0.15) is 29.1 Å². The standard InChI is InChI=1S/C13H23N3OS/c1-9-5-6-11(18-9)13(10(2)14)16(4)8-7-12(17)15-3/h5-6,10,13H,7-8,14H2,1-4H3,(H,15,17). The van der Waals surface area contributed by atoms with E-state index in [1.807, 2.05) is 14.0 Å². The Labute approximate surface area is 113 Å². The second kappa shape index (κ2) is 6.87. The predicted octanol–water partition coefficient (Wildman–Crippen LogP) is 1.51. The topological polar surface area (TPSA) is 58.4 Å². The highest BCUT2D eigenvalue weighted by Crippen LogP contribution is 2.28. The van der Waals surface area contributed by atoms with E-state index in [-0.39, 0.29) is 18.0 Å². The van der Waals surface area contributed by atoms with Crippen LogP contribution < -0.4 is 11.1 Å². The highest BCUT2D eigenvalue weighted by molar-refractivity contribution is 7.12. The smallest absolute Gasteiger partial charge is 0.221 e. The van der Waals surface area contributed by atoms with E-state index in [2.05, 4.69) is 29.3 Å². The molecule has 2 unspecified atom stereocenters. The average Bonchev–Trinajstić information content (AvgIpc) is 2.72. The van der Waals surface area contributed by atoms with Crippen LogP contribution in [0.4, 0.5) is 0 Å². The van der Waals surface area contributed by atoms with Gasteiger partial charge < -0.3 is 11.1 Å². The lowest BCUT2D eigenvalue weighted by Crippen LogP contribution is -2.38. The fraction of sp³-hybridized carbons (Fsp3) is 0.615. The summed E-state index contributed by atoms with van der Waals surface area (Å²) in [5, 5.41) is 2.64. The van der Waals surface area contributed by atoms with Gasteiger partial charge >= 0.3 is 0 Å². The number of aryl methyl sites for hydroxylation is 1. The molecule has 18 heavy (non-hydrogen) atoms. The first-order valence-corrected chi connectivity index (χ1v) is 7.00. The number of nitrogens with zero attached hydrogens (tertiary/aromatic N) is 1. The Balaban J connectivity index is 2.70. The van der Waals surface area contributed by atoms with E-state index >= 15 is 0 Å². The Bertz CT molecular complexity index is 389. The van der Waals surface area contributed by atoms with Gasteiger partial charge in [-0.2, -0.15) is 0 Å². The van der Waals surface area contributed by atoms with Gasteiger partial charge in [0.25, 0.3) is 0 Å². The minimum atomic E-state index is 0.0396. The van der Waals surface area contributed by atoms with E-state index in [0.717, 1.165) is 0 Å². The molecule has 3 N–H and O–H groups in total. The molecule has 5 heteroatoms. The number of likely N-dealkylation sites (N-methyl/N-ethyl adjacent to an activating group) is 1. The van der Waals surface area contributed by atoms with Gasteiger partial charge in [0.2, 0.25) is 5.91 Å². The fourth-order valence-electron chi connectivity index (χ4n) is 2.03. The van der Waals surface area contributed by atoms with E-state index in [1.165, 1.54) is 9.75 Å². The highest BCUT2D eigenvalue weighted by Gasteiger charge is 2.22. The van der Waals surface area contributed by atoms with Crippen molar-refractivity contribution in [3.05, 3.63) is 21.9 Å². The molecule has 0 saturated heterocycles. The Hall–Kier alpha value is -0.910. The number of hydrogen-bond donors (Lipinski definition) is 2. The third-order valence-electron chi connectivity index (χ3n) is 3.00. The molecule has 0 aliphatic heterocycles. The summed E-state index contributed by atoms with van der Waals surface area (Å²) < 4.78 is 0. The van der Waals surface area contributed by atoms with Gasteiger partial charge in [0.1, 0.15) is 0 Å². The van der Waals surface area contributed by atoms with Crippen molar-refractivity contribution < 1.29 is 4.79 Å². The van der Waals surface area contributed by atoms with Gasteiger partial charge in [0, 0.05) is 35.8 Å². The number of nitrogens with two attached hydrogens (primary N) is 1. The molecule has 1 aromatic rings. The van der Waals surface area contributed by atoms with Crippen LogP contribution >= 0.6 is 11.3 Å². The molecule has 0 aromatic carbocycles. The zero-order valence-electron chi connectivity index (χ0n) is 11.6. The van der Waals surface area contributed by atoms with Crippen molar-refractivity contribution in [2.24, 2.45) is 5.73 Å². The summed E-state index contributed by atoms with van der Waals surface area (Å²) in [6.07, 6.45) is 0.501. The van der Waals surface area contributed by atoms with Gasteiger partial charge in [0.15, 0.2) is 0 Å². The molecule has 1 amide bonds. The number of rotatable bonds is 6. The minimum Gasteiger partial charge on any atom is -0.359 e. The van der Waals surface area contributed by atoms with E-state index in [9.17, 15) is 4.79 Å². The van der Waals surface area contributed by atoms with Crippen LogP contribution in [0, 0.1) is 6.92 Å². The highest BCUT2D eigenvalue weighted by atomic mass is 32.1. The van der Waals surface area contributed by atoms with Crippen LogP contribution in [0.2, 0.25) is 0 Å². The van der Waals surface area contributed by atoms with Crippen molar-refractivity contribution in [3.63, 3.8) is 0 Å². The lowest BCUT2D eigenvalue weighted by Gasteiger charge is -2.30. The molecule has 0 aliphatic rings. The summed E-state index contributed by atoms with van der Waals surface area (Å²) >= 11 is 1.77. The molecule has 102 valence electrons. The first kappa shape index (κ1) is 15.1. The third-order valence-corrected chi connectivity index (χ3v) is 4.07. The van der Waals surface area contributed by atoms with Crippen molar-refractivity contribution in [1.29, 1.82) is 0 Å². The van der Waals surface area contributed by atoms with Crippen LogP contribution in [-0.4, -0.2) is 37.5 Å². The molecule has 0 aliphatic carbocycles. The van der Waals surface area contributed by atoms with Crippen LogP contribution in [0.15, 0.2) is 12.1 Å². The van der Waals surface area contributed by atoms with Gasteiger partial charge in [-0.15, -0.1) is 11.3 Å². The first-order valence-electron chi connectivity index (χ1n) is 6.18. The van der Waals surface area contributed by atoms with Gasteiger partial charge in [-0.25, -0.2) is 0 Å². The van der Waals surface area contributed by atoms with E-state index in [0.29, 0.717) is 13.0 Å². The van der Waals surface area contributed by atoms with E-state index < -0.39 is 0 Å². The van der Waals surface area contributed by atoms with Crippen LogP contribution in [0.3, 0.4) is 0 Å². The van der Waals surface area contributed by atoms with Crippen molar-refractivity contribution >= 4 is 17.2 Å². The van der Waals surface area contributed by atoms with Gasteiger partial charge in [-0.3, -0.25) is 9.69 Å². The lowest BCUT2D eigenvalue weighted by atomic mass is 10.1. The average molecular weight is 269 g/mol. The zero-order valence-corrected chi connectivity index (χ0v) is 12.4. The maximum Gasteiger partial charge on any atom is 0.221 e. The Morgan fingerprint density at radius 2 is 2.22 bits per heavy atom. The lowest BCUT2D eigenvalue weighted by molar-refractivity contribution is -0.121. The van der Waals surface area contributed by atoms with Crippen molar-refractivity contribution in [1.82, 2.24) is 10.2 Å². The number of carbonyl (C=O) groups excluding carboxylic acids is 1. The predicted molar refractivity (Wildman–Crippen MR) is 76.8 cm³/mol. The van der Waals surface area contributed by atoms with Crippen molar-refractivity contribution in [2.75, 3.05) is 20.6 Å². The summed E-state index contributed by atoms with van der Waals surface area (Å²) in [6, 6.07) is 4.46. The maximum atomic E-state index is 11.3. The third kappa shape index (κ3) is 4.08. The molecular formula is C13H23N3OS. The Morgan fingerprint density at radius 3 is 2.67 bits per heavy atom. The van der Waals surface area contributed by atoms with E-state index in [1.54, 1.807) is 18.4 Å². The molecule has 4 nitrogen and oxygen atoms in total. The molecule has 0 fully saturated rings. The number of carbonyl (C=O) groups is 1. The summed E-state index contributed by atoms with van der Waals surface area (Å²) in [5.41, 5.74) is 6.08. The minimum absolute atomic E-state index is 0.0396. The van der Waals surface area contributed by atoms with Crippen molar-refractivity contribution in [2.45, 2.75) is 32.4 Å². The largest absolute Gasteiger partial charge is 0.359 e. The second-order valence-corrected chi connectivity index (χ2v) is 5.98. The van der Waals surface area contributed by atoms with Crippen LogP contribution in [-0.2, 0) is 4.79 Å². The number of thiophene rings is 1. The second-order valence-electron chi connectivity index (χ2n) is 4.66.